The second kappa shape index (κ2) is 5.28. The zero-order chi connectivity index (χ0) is 13.1. The highest BCUT2D eigenvalue weighted by Crippen LogP contribution is 2.28. The molecule has 0 saturated carbocycles. The number of aryl methyl sites for hydroxylation is 1. The van der Waals surface area contributed by atoms with Gasteiger partial charge in [0.05, 0.1) is 21.3 Å². The van der Waals surface area contributed by atoms with Gasteiger partial charge in [-0.2, -0.15) is 5.10 Å². The highest BCUT2D eigenvalue weighted by atomic mass is 32.1. The number of thiazole rings is 1. The zero-order valence-corrected chi connectivity index (χ0v) is 11.7. The third kappa shape index (κ3) is 2.93. The zero-order valence-electron chi connectivity index (χ0n) is 10.0. The Morgan fingerprint density at radius 3 is 2.61 bits per heavy atom. The van der Waals surface area contributed by atoms with Gasteiger partial charge in [-0.05, 0) is 19.9 Å². The molecule has 18 heavy (non-hydrogen) atoms. The van der Waals surface area contributed by atoms with E-state index in [4.69, 9.17) is 11.5 Å². The molecule has 0 aliphatic rings. The number of thiophene rings is 1. The van der Waals surface area contributed by atoms with Crippen LogP contribution in [-0.4, -0.2) is 16.7 Å². The summed E-state index contributed by atoms with van der Waals surface area (Å²) in [5.41, 5.74) is 13.2. The average Bonchev–Trinajstić information content (AvgIpc) is 2.93. The third-order valence-corrected chi connectivity index (χ3v) is 3.93. The number of hydrogen-bond acceptors (Lipinski definition) is 5. The largest absolute Gasteiger partial charge is 0.369 e. The van der Waals surface area contributed by atoms with E-state index in [1.54, 1.807) is 22.7 Å². The minimum atomic E-state index is -0.0417. The molecule has 0 amide bonds. The molecule has 0 atom stereocenters. The lowest BCUT2D eigenvalue weighted by atomic mass is 10.2. The summed E-state index contributed by atoms with van der Waals surface area (Å²) in [4.78, 5) is 5.57. The van der Waals surface area contributed by atoms with Gasteiger partial charge in [0.2, 0.25) is 5.96 Å². The van der Waals surface area contributed by atoms with Crippen LogP contribution in [0.3, 0.4) is 0 Å². The highest BCUT2D eigenvalue weighted by molar-refractivity contribution is 7.14. The van der Waals surface area contributed by atoms with Crippen LogP contribution >= 0.6 is 22.7 Å². The van der Waals surface area contributed by atoms with Crippen molar-refractivity contribution in [3.05, 3.63) is 27.4 Å². The highest BCUT2D eigenvalue weighted by Gasteiger charge is 2.07. The average molecular weight is 279 g/mol. The molecule has 0 radical (unpaired) electrons. The Labute approximate surface area is 113 Å². The standard InChI is InChI=1S/C11H13N5S2/c1-6(15-16-11(12)13)8-3-10(18-4-8)9-5-17-7(2)14-9/h3-5H,1-2H3,(H4,12,13,16)/b15-6+. The molecule has 2 rings (SSSR count). The Balaban J connectivity index is 2.26. The molecule has 7 heteroatoms. The van der Waals surface area contributed by atoms with E-state index in [2.05, 4.69) is 15.2 Å². The fraction of sp³-hybridized carbons (Fsp3) is 0.182. The van der Waals surface area contributed by atoms with Crippen molar-refractivity contribution in [2.75, 3.05) is 0 Å². The van der Waals surface area contributed by atoms with E-state index < -0.39 is 0 Å². The lowest BCUT2D eigenvalue weighted by Gasteiger charge is -1.92. The number of nitrogens with zero attached hydrogens (tertiary/aromatic N) is 3. The van der Waals surface area contributed by atoms with Crippen LogP contribution in [0.15, 0.2) is 27.0 Å². The Morgan fingerprint density at radius 2 is 2.00 bits per heavy atom. The van der Waals surface area contributed by atoms with Gasteiger partial charge in [-0.1, -0.05) is 0 Å². The minimum Gasteiger partial charge on any atom is -0.369 e. The Hall–Kier alpha value is -1.73. The van der Waals surface area contributed by atoms with Gasteiger partial charge in [0, 0.05) is 16.3 Å². The van der Waals surface area contributed by atoms with Crippen molar-refractivity contribution in [1.29, 1.82) is 0 Å². The number of guanidine groups is 1. The van der Waals surface area contributed by atoms with E-state index in [9.17, 15) is 0 Å². The first kappa shape index (κ1) is 12.7. The maximum Gasteiger partial charge on any atom is 0.211 e. The maximum atomic E-state index is 5.23. The van der Waals surface area contributed by atoms with Gasteiger partial charge in [-0.15, -0.1) is 27.8 Å². The van der Waals surface area contributed by atoms with E-state index in [-0.39, 0.29) is 5.96 Å². The Kier molecular flexibility index (Phi) is 3.73. The van der Waals surface area contributed by atoms with E-state index in [1.807, 2.05) is 30.7 Å². The number of nitrogens with two attached hydrogens (primary N) is 2. The van der Waals surface area contributed by atoms with Crippen molar-refractivity contribution in [2.45, 2.75) is 13.8 Å². The maximum absolute atomic E-state index is 5.23. The number of hydrogen-bond donors (Lipinski definition) is 2. The van der Waals surface area contributed by atoms with Gasteiger partial charge in [-0.3, -0.25) is 0 Å². The summed E-state index contributed by atoms with van der Waals surface area (Å²) in [6.45, 7) is 3.86. The monoisotopic (exact) mass is 279 g/mol. The summed E-state index contributed by atoms with van der Waals surface area (Å²) in [5, 5.41) is 12.7. The van der Waals surface area contributed by atoms with Gasteiger partial charge >= 0.3 is 0 Å². The van der Waals surface area contributed by atoms with Crippen LogP contribution in [0.1, 0.15) is 17.5 Å². The minimum absolute atomic E-state index is 0.0417. The van der Waals surface area contributed by atoms with Crippen molar-refractivity contribution in [3.8, 4) is 10.6 Å². The molecular weight excluding hydrogens is 266 g/mol. The molecule has 2 aromatic rings. The second-order valence-corrected chi connectivity index (χ2v) is 5.64. The summed E-state index contributed by atoms with van der Waals surface area (Å²) < 4.78 is 0. The summed E-state index contributed by atoms with van der Waals surface area (Å²) >= 11 is 3.27. The first-order valence-corrected chi connectivity index (χ1v) is 6.97. The van der Waals surface area contributed by atoms with Crippen molar-refractivity contribution in [2.24, 2.45) is 21.7 Å². The molecule has 0 unspecified atom stereocenters. The smallest absolute Gasteiger partial charge is 0.211 e. The second-order valence-electron chi connectivity index (χ2n) is 3.66. The molecule has 94 valence electrons. The molecule has 2 aromatic heterocycles. The summed E-state index contributed by atoms with van der Waals surface area (Å²) in [6, 6.07) is 2.04. The molecule has 4 N–H and O–H groups in total. The molecular formula is C11H13N5S2. The lowest BCUT2D eigenvalue weighted by Crippen LogP contribution is -2.22. The number of aromatic nitrogens is 1. The van der Waals surface area contributed by atoms with Crippen LogP contribution in [-0.2, 0) is 0 Å². The van der Waals surface area contributed by atoms with Gasteiger partial charge in [0.15, 0.2) is 0 Å². The van der Waals surface area contributed by atoms with E-state index in [1.165, 1.54) is 0 Å². The van der Waals surface area contributed by atoms with Crippen LogP contribution in [0.2, 0.25) is 0 Å². The van der Waals surface area contributed by atoms with Crippen molar-refractivity contribution < 1.29 is 0 Å². The van der Waals surface area contributed by atoms with Gasteiger partial charge < -0.3 is 11.5 Å². The molecule has 0 bridgehead atoms. The van der Waals surface area contributed by atoms with Crippen LogP contribution in [0.4, 0.5) is 0 Å². The molecule has 0 aliphatic carbocycles. The van der Waals surface area contributed by atoms with E-state index in [0.717, 1.165) is 26.9 Å². The predicted octanol–water partition coefficient (Wildman–Crippen LogP) is 2.18. The molecule has 0 fully saturated rings. The van der Waals surface area contributed by atoms with E-state index >= 15 is 0 Å². The Bertz CT molecular complexity index is 604. The van der Waals surface area contributed by atoms with Crippen LogP contribution in [0, 0.1) is 6.92 Å². The van der Waals surface area contributed by atoms with Crippen LogP contribution in [0.5, 0.6) is 0 Å². The fourth-order valence-electron chi connectivity index (χ4n) is 1.33. The third-order valence-electron chi connectivity index (χ3n) is 2.20. The summed E-state index contributed by atoms with van der Waals surface area (Å²) in [5.74, 6) is -0.0417. The summed E-state index contributed by atoms with van der Waals surface area (Å²) in [6.07, 6.45) is 0. The summed E-state index contributed by atoms with van der Waals surface area (Å²) in [7, 11) is 0. The van der Waals surface area contributed by atoms with Gasteiger partial charge in [0.1, 0.15) is 0 Å². The van der Waals surface area contributed by atoms with Crippen molar-refractivity contribution in [1.82, 2.24) is 4.98 Å². The lowest BCUT2D eigenvalue weighted by molar-refractivity contribution is 1.20. The first-order valence-electron chi connectivity index (χ1n) is 5.21. The SMILES string of the molecule is C/C(=N\N=C(N)N)c1csc(-c2csc(C)n2)c1. The van der Waals surface area contributed by atoms with Crippen LogP contribution < -0.4 is 11.5 Å². The van der Waals surface area contributed by atoms with Crippen molar-refractivity contribution >= 4 is 34.3 Å². The molecule has 0 aromatic carbocycles. The van der Waals surface area contributed by atoms with Crippen molar-refractivity contribution in [3.63, 3.8) is 0 Å². The normalized spacial score (nSPS) is 11.6. The van der Waals surface area contributed by atoms with E-state index in [0.29, 0.717) is 0 Å². The number of rotatable bonds is 3. The first-order chi connectivity index (χ1) is 8.56. The molecule has 0 spiro atoms. The predicted molar refractivity (Wildman–Crippen MR) is 78.2 cm³/mol. The molecule has 0 saturated heterocycles. The quantitative estimate of drug-likeness (QED) is 0.512. The molecule has 0 aliphatic heterocycles. The molecule has 5 nitrogen and oxygen atoms in total. The molecule has 2 heterocycles. The fourth-order valence-corrected chi connectivity index (χ4v) is 2.93. The van der Waals surface area contributed by atoms with Gasteiger partial charge in [-0.25, -0.2) is 4.98 Å². The topological polar surface area (TPSA) is 89.6 Å². The van der Waals surface area contributed by atoms with Gasteiger partial charge in [0.25, 0.3) is 0 Å². The van der Waals surface area contributed by atoms with Crippen LogP contribution in [0.25, 0.3) is 10.6 Å². The Morgan fingerprint density at radius 1 is 1.22 bits per heavy atom.